The average Bonchev–Trinajstić information content (AvgIpc) is 3.75. The van der Waals surface area contributed by atoms with Crippen LogP contribution in [0, 0.1) is 39.9 Å². The highest BCUT2D eigenvalue weighted by molar-refractivity contribution is 6.31. The number of phenolic OH excluding ortho intramolecular Hbond substituents is 1. The zero-order valence-corrected chi connectivity index (χ0v) is 43.0. The van der Waals surface area contributed by atoms with E-state index in [1.54, 1.807) is 38.3 Å². The van der Waals surface area contributed by atoms with Crippen molar-refractivity contribution in [2.75, 3.05) is 26.8 Å². The maximum atomic E-state index is 12.4. The third kappa shape index (κ3) is 22.1. The Bertz CT molecular complexity index is 2310. The number of carbonyl (C=O) groups is 1. The molecule has 0 saturated heterocycles. The standard InChI is InChI=1S/C27H36ClN3O3.C18H29N3.C11H11NO/c1-6-8-9-18(7-2)17-34-25(32)13-10-19-14-21(27(3,4)5)26(33)24(15-19)31-29-22-12-11-20(28)16-23(22)30-31;1-3-5-7-9-13-21(14-10-8-6-4-2)15-11-12-18(16-19)17-20;1-9(8-12)7-10-3-5-11(13-2)6-4-10/h11-12,14-16,18,33H,6-10,13,17H2,1-5H3;11-12,15H,3-10,13-14H2,1-2H3;3-7H,1-2H3/b;15-11+;9-7+. The van der Waals surface area contributed by atoms with Crippen LogP contribution in [0.15, 0.2) is 84.1 Å². The summed E-state index contributed by atoms with van der Waals surface area (Å²) < 4.78 is 10.6. The lowest BCUT2D eigenvalue weighted by atomic mass is 9.84. The predicted octanol–water partition coefficient (Wildman–Crippen LogP) is 14.3. The largest absolute Gasteiger partial charge is 0.505 e. The molecule has 68 heavy (non-hydrogen) atoms. The van der Waals surface area contributed by atoms with Gasteiger partial charge in [0.25, 0.3) is 0 Å². The van der Waals surface area contributed by atoms with E-state index in [4.69, 9.17) is 36.9 Å². The normalized spacial score (nSPS) is 11.5. The zero-order valence-electron chi connectivity index (χ0n) is 42.3. The lowest BCUT2D eigenvalue weighted by molar-refractivity contribution is -0.145. The van der Waals surface area contributed by atoms with E-state index in [1.807, 2.05) is 87.7 Å². The molecule has 0 radical (unpaired) electrons. The summed E-state index contributed by atoms with van der Waals surface area (Å²) in [5.74, 6) is 1.18. The van der Waals surface area contributed by atoms with Crippen LogP contribution in [0.1, 0.15) is 156 Å². The molecule has 12 heteroatoms. The molecule has 0 aliphatic rings. The van der Waals surface area contributed by atoms with E-state index in [0.717, 1.165) is 61.2 Å². The summed E-state index contributed by atoms with van der Waals surface area (Å²) in [5.41, 5.74) is 5.07. The van der Waals surface area contributed by atoms with Crippen molar-refractivity contribution in [2.45, 2.75) is 151 Å². The number of nitrogens with zero attached hydrogens (tertiary/aromatic N) is 7. The third-order valence-electron chi connectivity index (χ3n) is 11.2. The number of aryl methyl sites for hydroxylation is 1. The molecule has 0 aliphatic heterocycles. The summed E-state index contributed by atoms with van der Waals surface area (Å²) in [6.07, 6.45) is 22.5. The van der Waals surface area contributed by atoms with Crippen molar-refractivity contribution in [1.82, 2.24) is 19.9 Å². The molecule has 1 atom stereocenters. The number of benzene rings is 3. The van der Waals surface area contributed by atoms with Crippen molar-refractivity contribution in [2.24, 2.45) is 5.92 Å². The Morgan fingerprint density at radius 1 is 0.853 bits per heavy atom. The first-order valence-electron chi connectivity index (χ1n) is 24.4. The van der Waals surface area contributed by atoms with Crippen molar-refractivity contribution < 1.29 is 19.4 Å². The molecule has 0 spiro atoms. The number of phenols is 1. The van der Waals surface area contributed by atoms with Gasteiger partial charge in [0.15, 0.2) is 0 Å². The third-order valence-corrected chi connectivity index (χ3v) is 11.5. The first-order chi connectivity index (χ1) is 32.7. The van der Waals surface area contributed by atoms with Gasteiger partial charge in [0, 0.05) is 35.7 Å². The lowest BCUT2D eigenvalue weighted by Gasteiger charge is -2.23. The fraction of sp³-hybridized carbons (Fsp3) is 0.500. The number of halogens is 1. The van der Waals surface area contributed by atoms with Gasteiger partial charge >= 0.3 is 5.97 Å². The topological polar surface area (TPSA) is 161 Å². The van der Waals surface area contributed by atoms with Gasteiger partial charge in [0.2, 0.25) is 0 Å². The molecule has 0 aliphatic carbocycles. The highest BCUT2D eigenvalue weighted by Gasteiger charge is 2.24. The summed E-state index contributed by atoms with van der Waals surface area (Å²) in [7, 11) is 1.63. The number of rotatable bonds is 24. The van der Waals surface area contributed by atoms with Crippen LogP contribution in [-0.4, -0.2) is 57.8 Å². The second kappa shape index (κ2) is 32.6. The van der Waals surface area contributed by atoms with Gasteiger partial charge in [-0.3, -0.25) is 4.79 Å². The quantitative estimate of drug-likeness (QED) is 0.0310. The Morgan fingerprint density at radius 3 is 2.04 bits per heavy atom. The number of nitriles is 3. The maximum Gasteiger partial charge on any atom is 0.306 e. The summed E-state index contributed by atoms with van der Waals surface area (Å²) in [6.45, 7) is 19.3. The second-order valence-corrected chi connectivity index (χ2v) is 18.4. The van der Waals surface area contributed by atoms with E-state index >= 15 is 0 Å². The molecule has 0 amide bonds. The molecule has 0 saturated carbocycles. The SMILES string of the molecule is CCCCC(CC)COC(=O)CCc1cc(-n2nc3ccc(Cl)cc3n2)c(O)c(C(C)(C)C)c1.CCCCCCN(/C=C/C=C(C#N)C#N)CCCCCC.COc1ccc(/C=C(\C)C#N)cc1. The molecular weight excluding hydrogens is 870 g/mol. The van der Waals surface area contributed by atoms with Crippen LogP contribution in [0.2, 0.25) is 5.02 Å². The van der Waals surface area contributed by atoms with Crippen LogP contribution in [0.25, 0.3) is 22.8 Å². The Labute approximate surface area is 412 Å². The van der Waals surface area contributed by atoms with E-state index in [-0.39, 0.29) is 29.1 Å². The first-order valence-corrected chi connectivity index (χ1v) is 24.7. The Hall–Kier alpha value is -6.09. The van der Waals surface area contributed by atoms with Crippen molar-refractivity contribution in [1.29, 1.82) is 15.8 Å². The van der Waals surface area contributed by atoms with Crippen molar-refractivity contribution in [3.8, 4) is 35.4 Å². The van der Waals surface area contributed by atoms with Crippen molar-refractivity contribution in [3.63, 3.8) is 0 Å². The second-order valence-electron chi connectivity index (χ2n) is 18.0. The fourth-order valence-electron chi connectivity index (χ4n) is 7.06. The van der Waals surface area contributed by atoms with Gasteiger partial charge in [-0.2, -0.15) is 15.8 Å². The highest BCUT2D eigenvalue weighted by atomic mass is 35.5. The molecule has 1 aromatic heterocycles. The minimum Gasteiger partial charge on any atom is -0.505 e. The summed E-state index contributed by atoms with van der Waals surface area (Å²) in [6, 6.07) is 22.5. The number of methoxy groups -OCH3 is 1. The van der Waals surface area contributed by atoms with E-state index in [9.17, 15) is 9.90 Å². The molecular formula is C56H76ClN7O4. The van der Waals surface area contributed by atoms with Gasteiger partial charge in [-0.1, -0.05) is 136 Å². The molecule has 4 rings (SSSR count). The Kier molecular flexibility index (Phi) is 27.8. The number of carbonyl (C=O) groups excluding carboxylic acids is 1. The minimum atomic E-state index is -0.307. The number of unbranched alkanes of at least 4 members (excludes halogenated alkanes) is 7. The van der Waals surface area contributed by atoms with E-state index in [2.05, 4.69) is 48.9 Å². The number of aromatic hydroxyl groups is 1. The molecule has 1 unspecified atom stereocenters. The number of hydrogen-bond donors (Lipinski definition) is 1. The first kappa shape index (κ1) is 58.0. The molecule has 11 nitrogen and oxygen atoms in total. The molecule has 366 valence electrons. The number of hydrogen-bond acceptors (Lipinski definition) is 10. The predicted molar refractivity (Wildman–Crippen MR) is 277 cm³/mol. The number of fused-ring (bicyclic) bond motifs is 1. The van der Waals surface area contributed by atoms with Crippen LogP contribution >= 0.6 is 11.6 Å². The molecule has 1 N–H and O–H groups in total. The zero-order chi connectivity index (χ0) is 50.3. The van der Waals surface area contributed by atoms with Crippen LogP contribution < -0.4 is 4.74 Å². The van der Waals surface area contributed by atoms with Crippen molar-refractivity contribution >= 4 is 34.7 Å². The summed E-state index contributed by atoms with van der Waals surface area (Å²) in [5, 5.41) is 46.7. The molecule has 0 bridgehead atoms. The van der Waals surface area contributed by atoms with E-state index < -0.39 is 0 Å². The average molecular weight is 947 g/mol. The number of ether oxygens (including phenoxy) is 2. The van der Waals surface area contributed by atoms with Gasteiger partial charge in [-0.25, -0.2) is 0 Å². The highest BCUT2D eigenvalue weighted by Crippen LogP contribution is 2.37. The molecule has 0 fully saturated rings. The Balaban J connectivity index is 0.000000396. The van der Waals surface area contributed by atoms with Gasteiger partial charge in [-0.15, -0.1) is 15.0 Å². The monoisotopic (exact) mass is 946 g/mol. The smallest absolute Gasteiger partial charge is 0.306 e. The lowest BCUT2D eigenvalue weighted by Crippen LogP contribution is -2.20. The van der Waals surface area contributed by atoms with Gasteiger partial charge < -0.3 is 19.5 Å². The minimum absolute atomic E-state index is 0.131. The Morgan fingerprint density at radius 2 is 1.49 bits per heavy atom. The summed E-state index contributed by atoms with van der Waals surface area (Å²) >= 11 is 6.10. The van der Waals surface area contributed by atoms with Crippen molar-refractivity contribution in [3.05, 3.63) is 106 Å². The van der Waals surface area contributed by atoms with E-state index in [1.165, 1.54) is 56.2 Å². The van der Waals surface area contributed by atoms with Crippen LogP contribution in [0.5, 0.6) is 11.5 Å². The maximum absolute atomic E-state index is 12.4. The van der Waals surface area contributed by atoms with Crippen LogP contribution in [0.3, 0.4) is 0 Å². The summed E-state index contributed by atoms with van der Waals surface area (Å²) in [4.78, 5) is 16.2. The van der Waals surface area contributed by atoms with Gasteiger partial charge in [0.1, 0.15) is 45.9 Å². The van der Waals surface area contributed by atoms with Gasteiger partial charge in [-0.05, 0) is 116 Å². The van der Waals surface area contributed by atoms with Crippen LogP contribution in [-0.2, 0) is 21.4 Å². The van der Waals surface area contributed by atoms with E-state index in [0.29, 0.717) is 46.3 Å². The molecule has 1 heterocycles. The number of aromatic nitrogens is 3. The van der Waals surface area contributed by atoms with Gasteiger partial charge in [0.05, 0.1) is 19.8 Å². The molecule has 3 aromatic carbocycles. The molecule has 4 aromatic rings. The van der Waals surface area contributed by atoms with Crippen LogP contribution in [0.4, 0.5) is 0 Å². The number of esters is 1. The fourth-order valence-corrected chi connectivity index (χ4v) is 7.22. The number of allylic oxidation sites excluding steroid dienone is 4.